The van der Waals surface area contributed by atoms with Gasteiger partial charge in [-0.3, -0.25) is 0 Å². The van der Waals surface area contributed by atoms with Crippen molar-refractivity contribution in [1.82, 2.24) is 10.2 Å². The lowest BCUT2D eigenvalue weighted by atomic mass is 10.1. The minimum absolute atomic E-state index is 0.0355. The number of hydrogen-bond acceptors (Lipinski definition) is 7. The summed E-state index contributed by atoms with van der Waals surface area (Å²) in [5.41, 5.74) is 0.375. The highest BCUT2D eigenvalue weighted by atomic mass is 16.8. The Kier molecular flexibility index (Phi) is 2.83. The first-order valence-electron chi connectivity index (χ1n) is 4.60. The number of carbonyl (C=O) groups is 2. The van der Waals surface area contributed by atoms with Crippen molar-refractivity contribution in [3.05, 3.63) is 11.3 Å². The van der Waals surface area contributed by atoms with E-state index in [1.807, 2.05) is 0 Å². The van der Waals surface area contributed by atoms with Gasteiger partial charge in [0, 0.05) is 13.0 Å². The van der Waals surface area contributed by atoms with Crippen molar-refractivity contribution in [3.63, 3.8) is 0 Å². The number of ether oxygens (including phenoxy) is 1. The molecule has 1 aliphatic rings. The van der Waals surface area contributed by atoms with E-state index in [-0.39, 0.29) is 12.4 Å². The molecule has 92 valence electrons. The van der Waals surface area contributed by atoms with Gasteiger partial charge in [0.15, 0.2) is 0 Å². The molecule has 0 spiro atoms. The number of hydroxylamine groups is 2. The van der Waals surface area contributed by atoms with E-state index in [0.29, 0.717) is 24.3 Å². The molecule has 0 unspecified atom stereocenters. The molecule has 0 atom stereocenters. The topological polar surface area (TPSA) is 122 Å². The Morgan fingerprint density at radius 1 is 1.35 bits per heavy atom. The van der Waals surface area contributed by atoms with E-state index in [0.717, 1.165) is 5.06 Å². The van der Waals surface area contributed by atoms with Gasteiger partial charge in [-0.15, -0.1) is 5.06 Å². The molecule has 0 amide bonds. The molecule has 9 nitrogen and oxygen atoms in total. The molecule has 0 bridgehead atoms. The highest BCUT2D eigenvalue weighted by Crippen LogP contribution is 2.27. The third-order valence-electron chi connectivity index (χ3n) is 2.15. The lowest BCUT2D eigenvalue weighted by Crippen LogP contribution is -2.32. The highest BCUT2D eigenvalue weighted by molar-refractivity contribution is 5.61. The van der Waals surface area contributed by atoms with E-state index in [2.05, 4.69) is 14.7 Å². The second-order valence-corrected chi connectivity index (χ2v) is 3.23. The van der Waals surface area contributed by atoms with Gasteiger partial charge in [-0.25, -0.2) is 9.59 Å². The molecule has 0 saturated carbocycles. The Hall–Kier alpha value is -2.29. The Labute approximate surface area is 94.1 Å². The number of rotatable bonds is 2. The third-order valence-corrected chi connectivity index (χ3v) is 2.15. The van der Waals surface area contributed by atoms with E-state index in [4.69, 9.17) is 14.7 Å². The predicted octanol–water partition coefficient (Wildman–Crippen LogP) is 0.699. The average molecular weight is 244 g/mol. The zero-order valence-electron chi connectivity index (χ0n) is 8.45. The second-order valence-electron chi connectivity index (χ2n) is 3.23. The van der Waals surface area contributed by atoms with E-state index >= 15 is 0 Å². The summed E-state index contributed by atoms with van der Waals surface area (Å²) in [5.74, 6) is 0.276. The molecule has 2 N–H and O–H groups in total. The van der Waals surface area contributed by atoms with Crippen LogP contribution in [0, 0.1) is 0 Å². The minimum Gasteiger partial charge on any atom is -0.449 e. The molecule has 9 heteroatoms. The van der Waals surface area contributed by atoms with Gasteiger partial charge < -0.3 is 24.3 Å². The Morgan fingerprint density at radius 2 is 2.12 bits per heavy atom. The summed E-state index contributed by atoms with van der Waals surface area (Å²) in [6.45, 7) is 0.342. The van der Waals surface area contributed by atoms with Gasteiger partial charge in [-0.2, -0.15) is 0 Å². The average Bonchev–Trinajstić information content (AvgIpc) is 2.59. The van der Waals surface area contributed by atoms with Gasteiger partial charge in [-0.1, -0.05) is 0 Å². The first kappa shape index (κ1) is 11.2. The Balaban J connectivity index is 2.14. The molecule has 0 saturated heterocycles. The summed E-state index contributed by atoms with van der Waals surface area (Å²) < 4.78 is 9.26. The number of aromatic nitrogens is 1. The van der Waals surface area contributed by atoms with Crippen LogP contribution in [0.3, 0.4) is 0 Å². The van der Waals surface area contributed by atoms with Crippen molar-refractivity contribution >= 4 is 12.3 Å². The quantitative estimate of drug-likeness (QED) is 0.723. The van der Waals surface area contributed by atoms with Crippen LogP contribution in [0.15, 0.2) is 4.52 Å². The molecule has 0 aromatic carbocycles. The summed E-state index contributed by atoms with van der Waals surface area (Å²) in [6.07, 6.45) is -2.60. The highest BCUT2D eigenvalue weighted by Gasteiger charge is 2.28. The Bertz CT molecular complexity index is 455. The van der Waals surface area contributed by atoms with Crippen molar-refractivity contribution < 1.29 is 33.9 Å². The number of fused-ring (bicyclic) bond motifs is 1. The molecule has 0 fully saturated rings. The number of nitrogens with zero attached hydrogens (tertiary/aromatic N) is 2. The van der Waals surface area contributed by atoms with Crippen molar-refractivity contribution in [2.45, 2.75) is 13.0 Å². The van der Waals surface area contributed by atoms with Gasteiger partial charge in [-0.05, 0) is 5.16 Å². The van der Waals surface area contributed by atoms with E-state index in [1.54, 1.807) is 0 Å². The largest absolute Gasteiger partial charge is 0.525 e. The van der Waals surface area contributed by atoms with E-state index in [9.17, 15) is 9.59 Å². The first-order chi connectivity index (χ1) is 8.06. The zero-order valence-corrected chi connectivity index (χ0v) is 8.45. The summed E-state index contributed by atoms with van der Waals surface area (Å²) >= 11 is 0. The summed E-state index contributed by atoms with van der Waals surface area (Å²) in [4.78, 5) is 25.2. The van der Waals surface area contributed by atoms with Gasteiger partial charge >= 0.3 is 12.3 Å². The SMILES string of the molecule is O=C(O)Oc1noc2c1CN(OC(=O)O)CC2. The molecule has 1 aromatic rings. The fourth-order valence-corrected chi connectivity index (χ4v) is 1.51. The van der Waals surface area contributed by atoms with Crippen LogP contribution in [-0.4, -0.2) is 39.3 Å². The molecule has 1 aromatic heterocycles. The molecule has 0 radical (unpaired) electrons. The van der Waals surface area contributed by atoms with Gasteiger partial charge in [0.25, 0.3) is 5.88 Å². The normalized spacial score (nSPS) is 15.1. The number of carboxylic acid groups (broad SMARTS) is 2. The smallest absolute Gasteiger partial charge is 0.449 e. The van der Waals surface area contributed by atoms with E-state index in [1.165, 1.54) is 0 Å². The van der Waals surface area contributed by atoms with Crippen LogP contribution in [-0.2, 0) is 17.8 Å². The third kappa shape index (κ3) is 2.45. The molecule has 2 heterocycles. The minimum atomic E-state index is -1.52. The molecular formula is C8H8N2O7. The molecule has 0 aliphatic carbocycles. The van der Waals surface area contributed by atoms with Crippen LogP contribution in [0.1, 0.15) is 11.3 Å². The van der Waals surface area contributed by atoms with Crippen LogP contribution in [0.2, 0.25) is 0 Å². The standard InChI is InChI=1S/C8H8N2O7/c11-7(12)15-6-4-3-10(17-8(13)14)2-1-5(4)16-9-6/h1-3H2,(H,11,12)(H,13,14). The lowest BCUT2D eigenvalue weighted by Gasteiger charge is -2.22. The second kappa shape index (κ2) is 4.29. The fraction of sp³-hybridized carbons (Fsp3) is 0.375. The Morgan fingerprint density at radius 3 is 2.76 bits per heavy atom. The van der Waals surface area contributed by atoms with Gasteiger partial charge in [0.1, 0.15) is 5.76 Å². The molecule has 2 rings (SSSR count). The molecular weight excluding hydrogens is 236 g/mol. The van der Waals surface area contributed by atoms with Crippen molar-refractivity contribution in [1.29, 1.82) is 0 Å². The monoisotopic (exact) mass is 244 g/mol. The van der Waals surface area contributed by atoms with E-state index < -0.39 is 12.3 Å². The fourth-order valence-electron chi connectivity index (χ4n) is 1.51. The maximum Gasteiger partial charge on any atom is 0.525 e. The van der Waals surface area contributed by atoms with Gasteiger partial charge in [0.2, 0.25) is 0 Å². The molecule has 17 heavy (non-hydrogen) atoms. The zero-order chi connectivity index (χ0) is 12.4. The van der Waals surface area contributed by atoms with Crippen LogP contribution in [0.5, 0.6) is 5.88 Å². The summed E-state index contributed by atoms with van der Waals surface area (Å²) in [7, 11) is 0. The van der Waals surface area contributed by atoms with Gasteiger partial charge in [0.05, 0.1) is 12.1 Å². The molecule has 1 aliphatic heterocycles. The van der Waals surface area contributed by atoms with Crippen LogP contribution < -0.4 is 4.74 Å². The number of hydrogen-bond donors (Lipinski definition) is 2. The summed E-state index contributed by atoms with van der Waals surface area (Å²) in [5, 5.41) is 21.5. The van der Waals surface area contributed by atoms with Crippen molar-refractivity contribution in [2.75, 3.05) is 6.54 Å². The van der Waals surface area contributed by atoms with Crippen molar-refractivity contribution in [3.8, 4) is 5.88 Å². The van der Waals surface area contributed by atoms with Crippen LogP contribution >= 0.6 is 0 Å². The van der Waals surface area contributed by atoms with Crippen LogP contribution in [0.25, 0.3) is 0 Å². The lowest BCUT2D eigenvalue weighted by molar-refractivity contribution is -0.131. The maximum atomic E-state index is 10.4. The maximum absolute atomic E-state index is 10.4. The first-order valence-corrected chi connectivity index (χ1v) is 4.60. The summed E-state index contributed by atoms with van der Waals surface area (Å²) in [6, 6.07) is 0. The predicted molar refractivity (Wildman–Crippen MR) is 48.4 cm³/mol. The van der Waals surface area contributed by atoms with Crippen LogP contribution in [0.4, 0.5) is 9.59 Å². The van der Waals surface area contributed by atoms with Crippen molar-refractivity contribution in [2.24, 2.45) is 0 Å².